The normalized spacial score (nSPS) is 17.1. The van der Waals surface area contributed by atoms with E-state index in [2.05, 4.69) is 34.0 Å². The van der Waals surface area contributed by atoms with E-state index in [0.717, 1.165) is 25.9 Å². The van der Waals surface area contributed by atoms with Crippen molar-refractivity contribution in [2.75, 3.05) is 19.7 Å². The Hall–Kier alpha value is -1.69. The maximum absolute atomic E-state index is 11.8. The van der Waals surface area contributed by atoms with Gasteiger partial charge in [0.1, 0.15) is 6.33 Å². The Morgan fingerprint density at radius 1 is 1.40 bits per heavy atom. The third-order valence-corrected chi connectivity index (χ3v) is 3.53. The van der Waals surface area contributed by atoms with Gasteiger partial charge in [0.15, 0.2) is 12.4 Å². The zero-order valence-corrected chi connectivity index (χ0v) is 12.1. The highest BCUT2D eigenvalue weighted by atomic mass is 16.5. The molecule has 0 spiro atoms. The van der Waals surface area contributed by atoms with Gasteiger partial charge in [-0.25, -0.2) is 9.97 Å². The number of carbonyl (C=O) groups is 1. The summed E-state index contributed by atoms with van der Waals surface area (Å²) in [5.74, 6) is 0.425. The fourth-order valence-electron chi connectivity index (χ4n) is 2.34. The minimum atomic E-state index is -0.0862. The van der Waals surface area contributed by atoms with Crippen molar-refractivity contribution in [2.24, 2.45) is 0 Å². The van der Waals surface area contributed by atoms with Gasteiger partial charge in [0.05, 0.1) is 12.4 Å². The summed E-state index contributed by atoms with van der Waals surface area (Å²) in [5, 5.41) is 3.02. The predicted molar refractivity (Wildman–Crippen MR) is 75.4 cm³/mol. The Bertz CT molecular complexity index is 416. The average Bonchev–Trinajstić information content (AvgIpc) is 2.47. The van der Waals surface area contributed by atoms with Crippen molar-refractivity contribution in [3.05, 3.63) is 18.7 Å². The summed E-state index contributed by atoms with van der Waals surface area (Å²) in [4.78, 5) is 21.9. The molecule has 0 bridgehead atoms. The lowest BCUT2D eigenvalue weighted by atomic mass is 10.0. The fraction of sp³-hybridized carbons (Fsp3) is 0.643. The van der Waals surface area contributed by atoms with Gasteiger partial charge in [-0.1, -0.05) is 0 Å². The van der Waals surface area contributed by atoms with Crippen molar-refractivity contribution < 1.29 is 9.53 Å². The smallest absolute Gasteiger partial charge is 0.258 e. The van der Waals surface area contributed by atoms with E-state index < -0.39 is 0 Å². The van der Waals surface area contributed by atoms with Crippen LogP contribution in [-0.4, -0.2) is 52.6 Å². The molecule has 1 fully saturated rings. The van der Waals surface area contributed by atoms with Crippen LogP contribution in [0.1, 0.15) is 26.7 Å². The highest BCUT2D eigenvalue weighted by molar-refractivity contribution is 5.77. The van der Waals surface area contributed by atoms with Gasteiger partial charge in [0, 0.05) is 25.2 Å². The van der Waals surface area contributed by atoms with Crippen molar-refractivity contribution in [1.29, 1.82) is 0 Å². The van der Waals surface area contributed by atoms with Gasteiger partial charge in [0.25, 0.3) is 5.91 Å². The Kier molecular flexibility index (Phi) is 5.29. The largest absolute Gasteiger partial charge is 0.481 e. The topological polar surface area (TPSA) is 67.4 Å². The molecule has 1 aliphatic heterocycles. The van der Waals surface area contributed by atoms with Gasteiger partial charge in [-0.15, -0.1) is 0 Å². The van der Waals surface area contributed by atoms with Gasteiger partial charge in [-0.05, 0) is 26.7 Å². The summed E-state index contributed by atoms with van der Waals surface area (Å²) in [6, 6.07) is 0.834. The summed E-state index contributed by atoms with van der Waals surface area (Å²) in [6.45, 7) is 6.49. The number of hydrogen-bond acceptors (Lipinski definition) is 5. The molecular weight excluding hydrogens is 256 g/mol. The lowest BCUT2D eigenvalue weighted by Crippen LogP contribution is -2.47. The number of hydrogen-bond donors (Lipinski definition) is 1. The molecule has 20 heavy (non-hydrogen) atoms. The molecule has 0 unspecified atom stereocenters. The summed E-state index contributed by atoms with van der Waals surface area (Å²) < 4.78 is 5.32. The van der Waals surface area contributed by atoms with Crippen LogP contribution in [0.5, 0.6) is 5.75 Å². The van der Waals surface area contributed by atoms with Crippen molar-refractivity contribution in [2.45, 2.75) is 38.8 Å². The molecule has 0 aliphatic carbocycles. The summed E-state index contributed by atoms with van der Waals surface area (Å²) in [5.41, 5.74) is 0. The zero-order chi connectivity index (χ0) is 14.4. The van der Waals surface area contributed by atoms with E-state index in [9.17, 15) is 4.79 Å². The molecule has 1 aromatic heterocycles. The van der Waals surface area contributed by atoms with Crippen LogP contribution in [0, 0.1) is 0 Å². The van der Waals surface area contributed by atoms with Crippen LogP contribution < -0.4 is 10.1 Å². The fourth-order valence-corrected chi connectivity index (χ4v) is 2.34. The highest BCUT2D eigenvalue weighted by Crippen LogP contribution is 2.12. The second-order valence-electron chi connectivity index (χ2n) is 5.33. The predicted octanol–water partition coefficient (Wildman–Crippen LogP) is 0.844. The number of rotatable bonds is 5. The Labute approximate surface area is 119 Å². The molecule has 0 atom stereocenters. The van der Waals surface area contributed by atoms with E-state index in [1.165, 1.54) is 6.33 Å². The average molecular weight is 278 g/mol. The first-order chi connectivity index (χ1) is 9.65. The Morgan fingerprint density at radius 2 is 2.05 bits per heavy atom. The first-order valence-electron chi connectivity index (χ1n) is 7.06. The van der Waals surface area contributed by atoms with Crippen LogP contribution in [0.3, 0.4) is 0 Å². The molecule has 2 rings (SSSR count). The molecule has 6 heteroatoms. The molecule has 110 valence electrons. The third kappa shape index (κ3) is 4.45. The maximum atomic E-state index is 11.8. The maximum Gasteiger partial charge on any atom is 0.258 e. The molecule has 2 heterocycles. The van der Waals surface area contributed by atoms with E-state index >= 15 is 0 Å². The molecule has 1 aliphatic rings. The number of nitrogens with zero attached hydrogens (tertiary/aromatic N) is 3. The quantitative estimate of drug-likeness (QED) is 0.864. The number of amides is 1. The molecular formula is C14H22N4O2. The highest BCUT2D eigenvalue weighted by Gasteiger charge is 2.21. The molecule has 0 saturated carbocycles. The lowest BCUT2D eigenvalue weighted by Gasteiger charge is -2.34. The second-order valence-corrected chi connectivity index (χ2v) is 5.33. The number of piperidine rings is 1. The molecule has 0 aromatic carbocycles. The van der Waals surface area contributed by atoms with Gasteiger partial charge in [0.2, 0.25) is 0 Å². The molecule has 1 amide bonds. The SMILES string of the molecule is CC(C)N1CCC(NC(=O)COc2cncnc2)CC1. The second kappa shape index (κ2) is 7.19. The molecule has 1 N–H and O–H groups in total. The number of aromatic nitrogens is 2. The van der Waals surface area contributed by atoms with Crippen molar-refractivity contribution in [1.82, 2.24) is 20.2 Å². The summed E-state index contributed by atoms with van der Waals surface area (Å²) in [6.07, 6.45) is 6.51. The van der Waals surface area contributed by atoms with E-state index in [1.807, 2.05) is 0 Å². The summed E-state index contributed by atoms with van der Waals surface area (Å²) in [7, 11) is 0. The van der Waals surface area contributed by atoms with E-state index in [4.69, 9.17) is 4.74 Å². The van der Waals surface area contributed by atoms with Gasteiger partial charge in [-0.2, -0.15) is 0 Å². The van der Waals surface area contributed by atoms with Gasteiger partial charge in [-0.3, -0.25) is 4.79 Å². The monoisotopic (exact) mass is 278 g/mol. The number of nitrogens with one attached hydrogen (secondary N) is 1. The summed E-state index contributed by atoms with van der Waals surface area (Å²) >= 11 is 0. The molecule has 6 nitrogen and oxygen atoms in total. The standard InChI is InChI=1S/C14H22N4O2/c1-11(2)18-5-3-12(4-6-18)17-14(19)9-20-13-7-15-10-16-8-13/h7-8,10-12H,3-6,9H2,1-2H3,(H,17,19). The van der Waals surface area contributed by atoms with Crippen molar-refractivity contribution >= 4 is 5.91 Å². The zero-order valence-electron chi connectivity index (χ0n) is 12.1. The van der Waals surface area contributed by atoms with Gasteiger partial charge < -0.3 is 15.0 Å². The number of carbonyl (C=O) groups excluding carboxylic acids is 1. The molecule has 1 saturated heterocycles. The minimum absolute atomic E-state index is 0.0117. The molecule has 1 aromatic rings. The Morgan fingerprint density at radius 3 is 2.65 bits per heavy atom. The van der Waals surface area contributed by atoms with E-state index in [0.29, 0.717) is 11.8 Å². The van der Waals surface area contributed by atoms with Crippen molar-refractivity contribution in [3.63, 3.8) is 0 Å². The van der Waals surface area contributed by atoms with Crippen LogP contribution in [0.4, 0.5) is 0 Å². The first kappa shape index (κ1) is 14.7. The van der Waals surface area contributed by atoms with E-state index in [-0.39, 0.29) is 18.6 Å². The van der Waals surface area contributed by atoms with E-state index in [1.54, 1.807) is 12.4 Å². The van der Waals surface area contributed by atoms with Gasteiger partial charge >= 0.3 is 0 Å². The Balaban J connectivity index is 1.68. The number of ether oxygens (including phenoxy) is 1. The van der Waals surface area contributed by atoms with Crippen LogP contribution in [0.15, 0.2) is 18.7 Å². The third-order valence-electron chi connectivity index (χ3n) is 3.53. The van der Waals surface area contributed by atoms with Crippen LogP contribution >= 0.6 is 0 Å². The van der Waals surface area contributed by atoms with Crippen LogP contribution in [0.2, 0.25) is 0 Å². The minimum Gasteiger partial charge on any atom is -0.481 e. The van der Waals surface area contributed by atoms with Crippen LogP contribution in [-0.2, 0) is 4.79 Å². The van der Waals surface area contributed by atoms with Crippen molar-refractivity contribution in [3.8, 4) is 5.75 Å². The number of likely N-dealkylation sites (tertiary alicyclic amines) is 1. The molecule has 0 radical (unpaired) electrons. The first-order valence-corrected chi connectivity index (χ1v) is 7.06. The lowest BCUT2D eigenvalue weighted by molar-refractivity contribution is -0.124. The van der Waals surface area contributed by atoms with Crippen LogP contribution in [0.25, 0.3) is 0 Å².